The number of aliphatic imine (C=N–C) groups is 1. The smallest absolute Gasteiger partial charge is 0.326 e. The van der Waals surface area contributed by atoms with E-state index < -0.39 is 103 Å². The second kappa shape index (κ2) is 25.9. The fourth-order valence-corrected chi connectivity index (χ4v) is 5.23. The molecule has 1 aromatic rings. The third-order valence-corrected chi connectivity index (χ3v) is 8.30. The van der Waals surface area contributed by atoms with Gasteiger partial charge in [0.2, 0.25) is 41.4 Å². The van der Waals surface area contributed by atoms with Gasteiger partial charge in [0, 0.05) is 19.4 Å². The number of aliphatic carboxylic acids is 2. The molecule has 0 aliphatic carbocycles. The van der Waals surface area contributed by atoms with Crippen molar-refractivity contribution in [2.24, 2.45) is 27.9 Å². The first kappa shape index (κ1) is 48.0. The number of carbonyl (C=O) groups excluding carboxylic acids is 7. The molecule has 7 amide bonds. The SMILES string of the molecule is CSCC[C@H](NC(=O)[C@H](CCCN=C(N)N)NC(=O)CNC(=O)[C@H](CC(=O)O)NC(=O)[C@@H](N)CCC(N)=O)C(=O)NCC(=O)N[C@@H](Cc1ccccc1)C(=O)O. The molecule has 0 radical (unpaired) electrons. The lowest BCUT2D eigenvalue weighted by molar-refractivity contribution is -0.142. The van der Waals surface area contributed by atoms with E-state index in [1.165, 1.54) is 11.8 Å². The Hall–Kier alpha value is -5.97. The molecule has 0 saturated heterocycles. The van der Waals surface area contributed by atoms with E-state index in [1.54, 1.807) is 36.6 Å². The molecule has 0 spiro atoms. The predicted octanol–water partition coefficient (Wildman–Crippen LogP) is -4.64. The average molecular weight is 810 g/mol. The largest absolute Gasteiger partial charge is 0.481 e. The normalized spacial score (nSPS) is 13.2. The van der Waals surface area contributed by atoms with Crippen molar-refractivity contribution >= 4 is 71.0 Å². The van der Waals surface area contributed by atoms with Crippen molar-refractivity contribution in [3.63, 3.8) is 0 Å². The summed E-state index contributed by atoms with van der Waals surface area (Å²) in [5.74, 6) is -8.62. The second-order valence-electron chi connectivity index (χ2n) is 12.3. The zero-order valence-corrected chi connectivity index (χ0v) is 31.6. The molecule has 16 N–H and O–H groups in total. The van der Waals surface area contributed by atoms with E-state index in [-0.39, 0.29) is 51.0 Å². The van der Waals surface area contributed by atoms with E-state index in [2.05, 4.69) is 36.9 Å². The van der Waals surface area contributed by atoms with E-state index in [9.17, 15) is 53.4 Å². The van der Waals surface area contributed by atoms with E-state index in [4.69, 9.17) is 22.9 Å². The average Bonchev–Trinajstić information content (AvgIpc) is 3.13. The molecule has 0 bridgehead atoms. The standard InChI is InChI=1S/C33H51N11O11S/c1-56-13-11-21(29(51)39-17-26(47)42-23(32(54)55)14-18-6-3-2-4-7-18)43-31(53)20(8-5-12-38-33(36)37)41-25(46)16-40-30(52)22(15-27(48)49)44-28(50)19(34)9-10-24(35)45/h2-4,6-7,19-23H,5,8-17,34H2,1H3,(H2,35,45)(H,39,51)(H,40,52)(H,41,46)(H,42,47)(H,43,53)(H,44,50)(H,48,49)(H,54,55)(H4,36,37,38)/t19-,20-,21-,22-,23-/m0/s1. The van der Waals surface area contributed by atoms with Gasteiger partial charge in [-0.15, -0.1) is 0 Å². The van der Waals surface area contributed by atoms with Gasteiger partial charge in [0.25, 0.3) is 0 Å². The zero-order valence-electron chi connectivity index (χ0n) is 30.8. The molecule has 56 heavy (non-hydrogen) atoms. The Morgan fingerprint density at radius 1 is 0.714 bits per heavy atom. The number of thioether (sulfide) groups is 1. The lowest BCUT2D eigenvalue weighted by Crippen LogP contribution is -2.56. The molecule has 23 heteroatoms. The number of hydrogen-bond acceptors (Lipinski definition) is 12. The highest BCUT2D eigenvalue weighted by Crippen LogP contribution is 2.06. The number of benzene rings is 1. The Balaban J connectivity index is 2.99. The number of nitrogens with zero attached hydrogens (tertiary/aromatic N) is 1. The second-order valence-corrected chi connectivity index (χ2v) is 13.3. The van der Waals surface area contributed by atoms with E-state index in [0.717, 1.165) is 0 Å². The molecule has 0 aliphatic rings. The summed E-state index contributed by atoms with van der Waals surface area (Å²) in [5, 5.41) is 32.9. The molecule has 0 aromatic heterocycles. The lowest BCUT2D eigenvalue weighted by atomic mass is 10.1. The van der Waals surface area contributed by atoms with Gasteiger partial charge < -0.3 is 65.0 Å². The summed E-state index contributed by atoms with van der Waals surface area (Å²) < 4.78 is 0. The van der Waals surface area contributed by atoms with Crippen LogP contribution in [0.1, 0.15) is 44.1 Å². The molecule has 5 atom stereocenters. The first-order valence-electron chi connectivity index (χ1n) is 17.2. The number of primary amides is 1. The van der Waals surface area contributed by atoms with E-state index in [0.29, 0.717) is 11.3 Å². The minimum absolute atomic E-state index is 0.00386. The number of guanidine groups is 1. The fourth-order valence-electron chi connectivity index (χ4n) is 4.76. The van der Waals surface area contributed by atoms with Crippen molar-refractivity contribution in [3.05, 3.63) is 35.9 Å². The summed E-state index contributed by atoms with van der Waals surface area (Å²) in [6, 6.07) is 1.85. The number of hydrogen-bond donors (Lipinski definition) is 12. The first-order chi connectivity index (χ1) is 26.4. The summed E-state index contributed by atoms with van der Waals surface area (Å²) in [5.41, 5.74) is 22.1. The molecule has 310 valence electrons. The van der Waals surface area contributed by atoms with Crippen molar-refractivity contribution < 1.29 is 53.4 Å². The predicted molar refractivity (Wildman–Crippen MR) is 203 cm³/mol. The third-order valence-electron chi connectivity index (χ3n) is 7.65. The number of carbonyl (C=O) groups is 9. The number of amides is 7. The summed E-state index contributed by atoms with van der Waals surface area (Å²) in [6.07, 6.45) is 0.670. The van der Waals surface area contributed by atoms with Crippen LogP contribution in [0.5, 0.6) is 0 Å². The zero-order chi connectivity index (χ0) is 42.2. The van der Waals surface area contributed by atoms with Crippen molar-refractivity contribution in [1.29, 1.82) is 0 Å². The van der Waals surface area contributed by atoms with Gasteiger partial charge in [-0.2, -0.15) is 11.8 Å². The van der Waals surface area contributed by atoms with Crippen molar-refractivity contribution in [1.82, 2.24) is 31.9 Å². The van der Waals surface area contributed by atoms with E-state index in [1.807, 2.05) is 0 Å². The summed E-state index contributed by atoms with van der Waals surface area (Å²) in [7, 11) is 0. The fraction of sp³-hybridized carbons (Fsp3) is 0.515. The van der Waals surface area contributed by atoms with Crippen molar-refractivity contribution in [2.75, 3.05) is 31.6 Å². The topological polar surface area (TPSA) is 383 Å². The van der Waals surface area contributed by atoms with Crippen LogP contribution in [0, 0.1) is 0 Å². The lowest BCUT2D eigenvalue weighted by Gasteiger charge is -2.23. The number of carboxylic acids is 2. The van der Waals surface area contributed by atoms with Gasteiger partial charge in [0.15, 0.2) is 5.96 Å². The molecule has 0 aliphatic heterocycles. The van der Waals surface area contributed by atoms with Crippen LogP contribution >= 0.6 is 11.8 Å². The first-order valence-corrected chi connectivity index (χ1v) is 18.6. The number of nitrogens with one attached hydrogen (secondary N) is 6. The Bertz CT molecular complexity index is 1560. The Morgan fingerprint density at radius 2 is 1.27 bits per heavy atom. The highest BCUT2D eigenvalue weighted by atomic mass is 32.2. The van der Waals surface area contributed by atoms with Gasteiger partial charge in [-0.3, -0.25) is 43.3 Å². The van der Waals surface area contributed by atoms with Gasteiger partial charge in [-0.05, 0) is 43.3 Å². The maximum absolute atomic E-state index is 13.5. The molecule has 0 heterocycles. The molecular formula is C33H51N11O11S. The highest BCUT2D eigenvalue weighted by Gasteiger charge is 2.29. The molecular weight excluding hydrogens is 758 g/mol. The maximum Gasteiger partial charge on any atom is 0.326 e. The Labute approximate surface area is 326 Å². The molecule has 1 rings (SSSR count). The van der Waals surface area contributed by atoms with Crippen LogP contribution in [0.25, 0.3) is 0 Å². The monoisotopic (exact) mass is 809 g/mol. The van der Waals surface area contributed by atoms with Crippen molar-refractivity contribution in [2.45, 2.75) is 75.2 Å². The number of carboxylic acid groups (broad SMARTS) is 2. The number of nitrogens with two attached hydrogens (primary N) is 4. The Kier molecular flexibility index (Phi) is 22.3. The van der Waals surface area contributed by atoms with Crippen LogP contribution < -0.4 is 54.8 Å². The summed E-state index contributed by atoms with van der Waals surface area (Å²) in [6.45, 7) is -1.32. The molecule has 22 nitrogen and oxygen atoms in total. The summed E-state index contributed by atoms with van der Waals surface area (Å²) in [4.78, 5) is 115. The maximum atomic E-state index is 13.5. The summed E-state index contributed by atoms with van der Waals surface area (Å²) >= 11 is 1.36. The van der Waals surface area contributed by atoms with Gasteiger partial charge >= 0.3 is 11.9 Å². The Morgan fingerprint density at radius 3 is 1.80 bits per heavy atom. The van der Waals surface area contributed by atoms with Crippen LogP contribution in [-0.2, 0) is 49.6 Å². The quantitative estimate of drug-likeness (QED) is 0.0226. The molecule has 0 fully saturated rings. The van der Waals surface area contributed by atoms with Crippen LogP contribution in [0.2, 0.25) is 0 Å². The van der Waals surface area contributed by atoms with Crippen LogP contribution in [0.3, 0.4) is 0 Å². The van der Waals surface area contributed by atoms with Gasteiger partial charge in [-0.1, -0.05) is 30.3 Å². The molecule has 0 unspecified atom stereocenters. The van der Waals surface area contributed by atoms with Crippen LogP contribution in [0.4, 0.5) is 0 Å². The minimum Gasteiger partial charge on any atom is -0.481 e. The van der Waals surface area contributed by atoms with Gasteiger partial charge in [0.1, 0.15) is 24.2 Å². The van der Waals surface area contributed by atoms with Crippen molar-refractivity contribution in [3.8, 4) is 0 Å². The van der Waals surface area contributed by atoms with Crippen LogP contribution in [-0.4, -0.2) is 131 Å². The van der Waals surface area contributed by atoms with Gasteiger partial charge in [-0.25, -0.2) is 4.79 Å². The minimum atomic E-state index is -1.66. The van der Waals surface area contributed by atoms with Gasteiger partial charge in [0.05, 0.1) is 25.6 Å². The molecule has 1 aromatic carbocycles. The molecule has 0 saturated carbocycles. The number of rotatable bonds is 27. The highest BCUT2D eigenvalue weighted by molar-refractivity contribution is 7.98. The van der Waals surface area contributed by atoms with Crippen LogP contribution in [0.15, 0.2) is 35.3 Å². The third kappa shape index (κ3) is 20.5. The van der Waals surface area contributed by atoms with E-state index >= 15 is 0 Å².